The van der Waals surface area contributed by atoms with Crippen molar-refractivity contribution >= 4 is 17.6 Å². The molecule has 0 radical (unpaired) electrons. The number of halogens is 4. The minimum atomic E-state index is -5.05. The average Bonchev–Trinajstić information content (AvgIpc) is 3.31. The van der Waals surface area contributed by atoms with Gasteiger partial charge in [0.15, 0.2) is 0 Å². The molecule has 2 heterocycles. The number of nitrogens with zero attached hydrogens (tertiary/aromatic N) is 2. The first kappa shape index (κ1) is 29.4. The van der Waals surface area contributed by atoms with Crippen LogP contribution in [0.4, 0.5) is 23.2 Å². The first-order chi connectivity index (χ1) is 19.4. The molecule has 1 aliphatic carbocycles. The molecule has 5 nitrogen and oxygen atoms in total. The van der Waals surface area contributed by atoms with E-state index in [1.165, 1.54) is 12.1 Å². The second-order valence-corrected chi connectivity index (χ2v) is 12.2. The lowest BCUT2D eigenvalue weighted by atomic mass is 9.66. The van der Waals surface area contributed by atoms with Gasteiger partial charge in [0, 0.05) is 42.2 Å². The monoisotopic (exact) mass is 574 g/mol. The zero-order chi connectivity index (χ0) is 29.6. The fraction of sp³-hybridized carbons (Fsp3) is 0.562. The van der Waals surface area contributed by atoms with Crippen molar-refractivity contribution in [1.82, 2.24) is 4.90 Å². The maximum absolute atomic E-state index is 15.1. The van der Waals surface area contributed by atoms with Crippen molar-refractivity contribution in [2.45, 2.75) is 82.1 Å². The molecule has 0 spiro atoms. The first-order valence-corrected chi connectivity index (χ1v) is 14.6. The molecule has 2 aliphatic heterocycles. The number of benzene rings is 2. The van der Waals surface area contributed by atoms with Crippen LogP contribution in [0.3, 0.4) is 0 Å². The number of hydrogen-bond acceptors (Lipinski definition) is 3. The van der Waals surface area contributed by atoms with Crippen LogP contribution < -0.4 is 4.90 Å². The second kappa shape index (κ2) is 11.0. The van der Waals surface area contributed by atoms with Gasteiger partial charge in [0.1, 0.15) is 0 Å². The molecule has 3 unspecified atom stereocenters. The van der Waals surface area contributed by atoms with Gasteiger partial charge in [0.2, 0.25) is 11.6 Å². The van der Waals surface area contributed by atoms with Crippen molar-refractivity contribution in [2.24, 2.45) is 11.8 Å². The smallest absolute Gasteiger partial charge is 0.426 e. The van der Waals surface area contributed by atoms with Gasteiger partial charge in [-0.2, -0.15) is 13.2 Å². The van der Waals surface area contributed by atoms with E-state index in [-0.39, 0.29) is 17.9 Å². The Morgan fingerprint density at radius 2 is 1.66 bits per heavy atom. The summed E-state index contributed by atoms with van der Waals surface area (Å²) in [7, 11) is 0. The van der Waals surface area contributed by atoms with Crippen LogP contribution >= 0.6 is 0 Å². The maximum atomic E-state index is 15.1. The summed E-state index contributed by atoms with van der Waals surface area (Å²) in [5.41, 5.74) is -1.91. The third-order valence-corrected chi connectivity index (χ3v) is 9.72. The van der Waals surface area contributed by atoms with Gasteiger partial charge in [-0.1, -0.05) is 49.4 Å². The van der Waals surface area contributed by atoms with Gasteiger partial charge in [-0.3, -0.25) is 9.59 Å². The van der Waals surface area contributed by atoms with Crippen molar-refractivity contribution in [2.75, 3.05) is 24.5 Å². The number of fused-ring (bicyclic) bond motifs is 3. The van der Waals surface area contributed by atoms with Gasteiger partial charge in [-0.05, 0) is 69.1 Å². The minimum Gasteiger partial charge on any atom is -0.481 e. The topological polar surface area (TPSA) is 60.9 Å². The molecular weight excluding hydrogens is 536 g/mol. The second-order valence-electron chi connectivity index (χ2n) is 12.2. The Morgan fingerprint density at radius 1 is 1.00 bits per heavy atom. The van der Waals surface area contributed by atoms with Crippen LogP contribution in [-0.2, 0) is 27.1 Å². The van der Waals surface area contributed by atoms with E-state index in [1.54, 1.807) is 6.07 Å². The highest BCUT2D eigenvalue weighted by Crippen LogP contribution is 2.52. The van der Waals surface area contributed by atoms with E-state index in [0.29, 0.717) is 70.8 Å². The Balaban J connectivity index is 1.56. The summed E-state index contributed by atoms with van der Waals surface area (Å²) >= 11 is 0. The van der Waals surface area contributed by atoms with Gasteiger partial charge in [-0.25, -0.2) is 4.39 Å². The molecule has 9 heteroatoms. The molecular formula is C32H38F4N2O3. The zero-order valence-electron chi connectivity index (χ0n) is 23.6. The Bertz CT molecular complexity index is 1270. The molecule has 0 bridgehead atoms. The Morgan fingerprint density at radius 3 is 2.27 bits per heavy atom. The van der Waals surface area contributed by atoms with E-state index >= 15 is 4.39 Å². The fourth-order valence-electron chi connectivity index (χ4n) is 7.33. The molecule has 1 N–H and O–H groups in total. The summed E-state index contributed by atoms with van der Waals surface area (Å²) in [4.78, 5) is 29.4. The number of alkyl halides is 4. The lowest BCUT2D eigenvalue weighted by Gasteiger charge is -2.49. The van der Waals surface area contributed by atoms with Crippen LogP contribution in [0.15, 0.2) is 48.5 Å². The van der Waals surface area contributed by atoms with Crippen molar-refractivity contribution in [1.29, 1.82) is 0 Å². The molecule has 1 saturated heterocycles. The molecule has 1 amide bonds. The molecule has 0 aromatic heterocycles. The highest BCUT2D eigenvalue weighted by molar-refractivity contribution is 5.81. The Labute approximate surface area is 238 Å². The molecule has 2 aromatic rings. The number of amides is 1. The van der Waals surface area contributed by atoms with Crippen LogP contribution in [0.1, 0.15) is 69.1 Å². The van der Waals surface area contributed by atoms with Crippen molar-refractivity contribution in [3.63, 3.8) is 0 Å². The summed E-state index contributed by atoms with van der Waals surface area (Å²) in [5, 5.41) is 9.40. The third-order valence-electron chi connectivity index (χ3n) is 9.72. The summed E-state index contributed by atoms with van der Waals surface area (Å²) in [6.07, 6.45) is -1.03. The van der Waals surface area contributed by atoms with Gasteiger partial charge in [-0.15, -0.1) is 0 Å². The molecule has 3 atom stereocenters. The van der Waals surface area contributed by atoms with E-state index in [4.69, 9.17) is 0 Å². The van der Waals surface area contributed by atoms with Gasteiger partial charge < -0.3 is 14.9 Å². The minimum absolute atomic E-state index is 0.0405. The molecule has 41 heavy (non-hydrogen) atoms. The number of rotatable bonds is 7. The van der Waals surface area contributed by atoms with E-state index in [0.717, 1.165) is 17.5 Å². The number of aliphatic carboxylic acids is 1. The standard InChI is InChI=1S/C32H38F4N2O3/c1-3-16-37-20-27-31(19-21-7-5-4-6-8-21,25-14-13-24(18-26(25)37)30(2,33)32(34,35)36)15-17-38(27)28(39)22-9-11-23(12-10-22)29(40)41/h4-8,13-14,18,22-23,27H,3,9-12,15-17,19-20H2,1-2H3,(H,40,41). The summed E-state index contributed by atoms with van der Waals surface area (Å²) in [5.74, 6) is -1.42. The number of carbonyl (C=O) groups is 2. The number of anilines is 1. The predicted octanol–water partition coefficient (Wildman–Crippen LogP) is 6.64. The van der Waals surface area contributed by atoms with Crippen molar-refractivity contribution < 1.29 is 32.3 Å². The van der Waals surface area contributed by atoms with Crippen LogP contribution in [0, 0.1) is 11.8 Å². The molecule has 5 rings (SSSR count). The first-order valence-electron chi connectivity index (χ1n) is 14.6. The normalized spacial score (nSPS) is 27.6. The maximum Gasteiger partial charge on any atom is 0.426 e. The van der Waals surface area contributed by atoms with E-state index in [1.807, 2.05) is 47.1 Å². The highest BCUT2D eigenvalue weighted by atomic mass is 19.4. The lowest BCUT2D eigenvalue weighted by molar-refractivity contribution is -0.228. The molecule has 222 valence electrons. The van der Waals surface area contributed by atoms with Crippen molar-refractivity contribution in [3.8, 4) is 0 Å². The zero-order valence-corrected chi connectivity index (χ0v) is 23.6. The lowest BCUT2D eigenvalue weighted by Crippen LogP contribution is -2.57. The number of hydrogen-bond donors (Lipinski definition) is 1. The van der Waals surface area contributed by atoms with Gasteiger partial charge in [0.25, 0.3) is 0 Å². The summed E-state index contributed by atoms with van der Waals surface area (Å²) in [6.45, 7) is 4.08. The van der Waals surface area contributed by atoms with Crippen LogP contribution in [0.25, 0.3) is 0 Å². The van der Waals surface area contributed by atoms with E-state index < -0.39 is 34.7 Å². The number of carboxylic acids is 1. The predicted molar refractivity (Wildman–Crippen MR) is 148 cm³/mol. The molecule has 1 saturated carbocycles. The molecule has 2 aromatic carbocycles. The molecule has 3 aliphatic rings. The van der Waals surface area contributed by atoms with E-state index in [9.17, 15) is 27.9 Å². The Kier molecular flexibility index (Phi) is 7.85. The molecule has 2 fully saturated rings. The highest BCUT2D eigenvalue weighted by Gasteiger charge is 2.57. The summed E-state index contributed by atoms with van der Waals surface area (Å²) in [6, 6.07) is 14.0. The largest absolute Gasteiger partial charge is 0.481 e. The van der Waals surface area contributed by atoms with Crippen molar-refractivity contribution in [3.05, 3.63) is 65.2 Å². The van der Waals surface area contributed by atoms with Crippen LogP contribution in [-0.4, -0.2) is 53.7 Å². The SMILES string of the molecule is CCCN1CC2N(C(=O)C3CCC(C(=O)O)CC3)CCC2(Cc2ccccc2)c2ccc(C(C)(F)C(F)(F)F)cc21. The van der Waals surface area contributed by atoms with E-state index in [2.05, 4.69) is 0 Å². The van der Waals surface area contributed by atoms with Gasteiger partial charge in [0.05, 0.1) is 12.0 Å². The summed E-state index contributed by atoms with van der Waals surface area (Å²) < 4.78 is 56.2. The van der Waals surface area contributed by atoms with Gasteiger partial charge >= 0.3 is 12.1 Å². The quantitative estimate of drug-likeness (QED) is 0.377. The fourth-order valence-corrected chi connectivity index (χ4v) is 7.33. The average molecular weight is 575 g/mol. The number of likely N-dealkylation sites (tertiary alicyclic amines) is 1. The number of carbonyl (C=O) groups excluding carboxylic acids is 1. The van der Waals surface area contributed by atoms with Crippen LogP contribution in [0.2, 0.25) is 0 Å². The number of carboxylic acid groups (broad SMARTS) is 1. The Hall–Kier alpha value is -3.10. The van der Waals surface area contributed by atoms with Crippen LogP contribution in [0.5, 0.6) is 0 Å². The third kappa shape index (κ3) is 5.21.